The van der Waals surface area contributed by atoms with Crippen molar-refractivity contribution in [1.29, 1.82) is 0 Å². The zero-order chi connectivity index (χ0) is 29.4. The summed E-state index contributed by atoms with van der Waals surface area (Å²) in [5, 5.41) is 2.98. The molecule has 38 heavy (non-hydrogen) atoms. The van der Waals surface area contributed by atoms with Gasteiger partial charge in [-0.2, -0.15) is 0 Å². The van der Waals surface area contributed by atoms with Crippen LogP contribution < -0.4 is 5.32 Å². The second kappa shape index (κ2) is 38.1. The van der Waals surface area contributed by atoms with E-state index in [9.17, 15) is 9.59 Å². The molecule has 1 N–H and O–H groups in total. The maximum absolute atomic E-state index is 10.7. The van der Waals surface area contributed by atoms with Crippen LogP contribution in [0.2, 0.25) is 0 Å². The summed E-state index contributed by atoms with van der Waals surface area (Å²) >= 11 is 11.7. The summed E-state index contributed by atoms with van der Waals surface area (Å²) in [5.41, 5.74) is 0. The first-order valence-electron chi connectivity index (χ1n) is 10.1. The van der Waals surface area contributed by atoms with Crippen molar-refractivity contribution in [2.75, 3.05) is 51.9 Å². The summed E-state index contributed by atoms with van der Waals surface area (Å²) < 4.78 is 10.2. The van der Waals surface area contributed by atoms with E-state index < -0.39 is 0 Å². The van der Waals surface area contributed by atoms with Crippen LogP contribution in [0.5, 0.6) is 0 Å². The van der Waals surface area contributed by atoms with Crippen molar-refractivity contribution in [3.8, 4) is 0 Å². The molecule has 6 nitrogen and oxygen atoms in total. The zero-order valence-corrected chi connectivity index (χ0v) is 36.4. The first kappa shape index (κ1) is 45.5. The molecule has 0 unspecified atom stereocenters. The van der Waals surface area contributed by atoms with Crippen molar-refractivity contribution in [1.82, 2.24) is 10.2 Å². The Bertz CT molecular complexity index is 1200. The number of likely N-dealkylation sites (tertiary alicyclic amines) is 1. The molecule has 2 aliphatic rings. The normalized spacial score (nSPS) is 12.8. The number of nitrogens with one attached hydrogen (secondary N) is 1. The molecule has 0 atom stereocenters. The third kappa shape index (κ3) is 32.0. The van der Waals surface area contributed by atoms with E-state index in [2.05, 4.69) is 49.2 Å². The highest BCUT2D eigenvalue weighted by Crippen LogP contribution is 2.13. The number of hydrogen-bond donors (Lipinski definition) is 1. The SMILES string of the molecule is CC.CCI.COC(=O)C1CN(C)C1.COC(=O)C1CNC1.S=S=S=S=S=S=S=S=S=S=S=S=S=S=S=S. The van der Waals surface area contributed by atoms with Crippen LogP contribution in [0.15, 0.2) is 0 Å². The fraction of sp³-hybridized carbons (Fsp3) is 0.867. The lowest BCUT2D eigenvalue weighted by Gasteiger charge is -2.33. The molecule has 23 heteroatoms. The average molecular weight is 943 g/mol. The van der Waals surface area contributed by atoms with Gasteiger partial charge in [0.15, 0.2) is 0 Å². The first-order valence-corrected chi connectivity index (χ1v) is 31.6. The number of methoxy groups -OCH3 is 2. The predicted octanol–water partition coefficient (Wildman–Crippen LogP) is 1.53. The lowest BCUT2D eigenvalue weighted by Crippen LogP contribution is -2.48. The van der Waals surface area contributed by atoms with Crippen LogP contribution in [-0.2, 0) is 166 Å². The van der Waals surface area contributed by atoms with Crippen LogP contribution in [0.1, 0.15) is 20.8 Å². The minimum atomic E-state index is -0.0937. The molecule has 0 amide bonds. The van der Waals surface area contributed by atoms with Crippen molar-refractivity contribution in [2.45, 2.75) is 20.8 Å². The molecule has 0 aromatic rings. The summed E-state index contributed by atoms with van der Waals surface area (Å²) in [6, 6.07) is 0. The van der Waals surface area contributed by atoms with E-state index in [1.807, 2.05) is 20.9 Å². The van der Waals surface area contributed by atoms with Crippen molar-refractivity contribution >= 4 is 181 Å². The predicted molar refractivity (Wildman–Crippen MR) is 215 cm³/mol. The summed E-state index contributed by atoms with van der Waals surface area (Å²) in [4.78, 5) is 23.3. The van der Waals surface area contributed by atoms with Crippen molar-refractivity contribution in [2.24, 2.45) is 11.8 Å². The Kier molecular flexibility index (Phi) is 45.7. The van der Waals surface area contributed by atoms with Crippen molar-refractivity contribution < 1.29 is 19.1 Å². The molecular weight excluding hydrogens is 912 g/mol. The van der Waals surface area contributed by atoms with Gasteiger partial charge in [0.1, 0.15) is 0 Å². The van der Waals surface area contributed by atoms with Gasteiger partial charge in [0.2, 0.25) is 0 Å². The van der Waals surface area contributed by atoms with Crippen LogP contribution in [0.4, 0.5) is 0 Å². The van der Waals surface area contributed by atoms with Gasteiger partial charge in [0, 0.05) is 173 Å². The lowest BCUT2D eigenvalue weighted by molar-refractivity contribution is -0.150. The molecule has 0 radical (unpaired) electrons. The Hall–Kier alpha value is 3.11. The second-order valence-electron chi connectivity index (χ2n) is 5.54. The number of halogens is 1. The van der Waals surface area contributed by atoms with E-state index in [0.717, 1.165) is 26.2 Å². The highest BCUT2D eigenvalue weighted by Gasteiger charge is 2.30. The Morgan fingerprint density at radius 1 is 0.763 bits per heavy atom. The third-order valence-corrected chi connectivity index (χ3v) is 32.2. The molecule has 0 spiro atoms. The van der Waals surface area contributed by atoms with E-state index in [-0.39, 0.29) is 23.8 Å². The molecule has 0 aromatic heterocycles. The van der Waals surface area contributed by atoms with E-state index in [1.165, 1.54) is 36.4 Å². The van der Waals surface area contributed by atoms with Gasteiger partial charge in [-0.25, -0.2) is 0 Å². The van der Waals surface area contributed by atoms with E-state index in [0.29, 0.717) is 0 Å². The number of ether oxygens (including phenoxy) is 2. The maximum atomic E-state index is 10.7. The number of carbonyl (C=O) groups is 2. The molecule has 0 bridgehead atoms. The average Bonchev–Trinajstić information content (AvgIpc) is 2.88. The fourth-order valence-electron chi connectivity index (χ4n) is 1.77. The number of rotatable bonds is 2. The maximum Gasteiger partial charge on any atom is 0.311 e. The summed E-state index contributed by atoms with van der Waals surface area (Å²) in [7, 11) is 28.4. The Balaban J connectivity index is -0.000000470. The van der Waals surface area contributed by atoms with Gasteiger partial charge >= 0.3 is 11.9 Å². The molecule has 0 aromatic carbocycles. The molecule has 0 aliphatic carbocycles. The molecule has 0 saturated carbocycles. The van der Waals surface area contributed by atoms with Gasteiger partial charge < -0.3 is 19.7 Å². The first-order chi connectivity index (χ1) is 18.4. The molecule has 2 saturated heterocycles. The summed E-state index contributed by atoms with van der Waals surface area (Å²) in [6.45, 7) is 9.39. The molecule has 2 heterocycles. The molecule has 2 rings (SSSR count). The largest absolute Gasteiger partial charge is 0.469 e. The second-order valence-corrected chi connectivity index (χ2v) is 31.8. The monoisotopic (exact) mass is 942 g/mol. The lowest BCUT2D eigenvalue weighted by atomic mass is 10.0. The minimum absolute atomic E-state index is 0.0758. The topological polar surface area (TPSA) is 67.9 Å². The van der Waals surface area contributed by atoms with Gasteiger partial charge in [0.25, 0.3) is 0 Å². The number of hydrogen-bond acceptors (Lipinski definition) is 8. The standard InChI is InChI=1S/C6H11NO2.C5H9NO2.C2H5I.C2H6.S16/c1-7-3-5(4-7)6(8)9-2;1-8-5(7)4-2-6-3-4;1-2-3;1-2;1-3-5-7-9-11-13-15-16-14-12-10-8-6-4-2/h5H,3-4H2,1-2H3;4,6H,2-3H2,1H3;2H2,1H3;1-2H3;. The van der Waals surface area contributed by atoms with Crippen LogP contribution in [-0.4, -0.2) is 68.7 Å². The van der Waals surface area contributed by atoms with Gasteiger partial charge in [-0.15, -0.1) is 0 Å². The summed E-state index contributed by atoms with van der Waals surface area (Å²) in [5.74, 6) is 0.0943. The third-order valence-electron chi connectivity index (χ3n) is 3.28. The highest BCUT2D eigenvalue weighted by atomic mass is 127. The Morgan fingerprint density at radius 3 is 1.24 bits per heavy atom. The van der Waals surface area contributed by atoms with Gasteiger partial charge in [-0.1, -0.05) is 43.4 Å². The Labute approximate surface area is 290 Å². The number of carbonyl (C=O) groups excluding carboxylic acids is 2. The van der Waals surface area contributed by atoms with Crippen LogP contribution in [0.3, 0.4) is 0 Å². The minimum Gasteiger partial charge on any atom is -0.469 e. The zero-order valence-electron chi connectivity index (χ0n) is 21.2. The fourth-order valence-corrected chi connectivity index (χ4v) is 34.7. The van der Waals surface area contributed by atoms with Gasteiger partial charge in [0.05, 0.1) is 26.1 Å². The van der Waals surface area contributed by atoms with E-state index in [1.54, 1.807) is 107 Å². The highest BCUT2D eigenvalue weighted by molar-refractivity contribution is 14.1. The van der Waals surface area contributed by atoms with Crippen LogP contribution >= 0.6 is 22.6 Å². The Morgan fingerprint density at radius 2 is 1.05 bits per heavy atom. The van der Waals surface area contributed by atoms with Gasteiger partial charge in [-0.05, 0) is 11.5 Å². The molecular formula is C15H31IN2O4S16. The number of alkyl halides is 1. The molecule has 228 valence electrons. The summed E-state index contributed by atoms with van der Waals surface area (Å²) in [6.07, 6.45) is 0. The number of nitrogens with zero attached hydrogens (tertiary/aromatic N) is 1. The van der Waals surface area contributed by atoms with E-state index in [4.69, 9.17) is 22.4 Å². The molecule has 2 aliphatic heterocycles. The van der Waals surface area contributed by atoms with E-state index >= 15 is 0 Å². The molecule has 2 fully saturated rings. The number of esters is 2. The van der Waals surface area contributed by atoms with Crippen LogP contribution in [0.25, 0.3) is 0 Å². The van der Waals surface area contributed by atoms with Gasteiger partial charge in [-0.3, -0.25) is 9.59 Å². The van der Waals surface area contributed by atoms with Crippen molar-refractivity contribution in [3.63, 3.8) is 0 Å². The quantitative estimate of drug-likeness (QED) is 0.255. The van der Waals surface area contributed by atoms with Crippen LogP contribution in [0, 0.1) is 11.8 Å². The van der Waals surface area contributed by atoms with Crippen molar-refractivity contribution in [3.05, 3.63) is 0 Å². The smallest absolute Gasteiger partial charge is 0.311 e.